The van der Waals surface area contributed by atoms with Crippen LogP contribution in [-0.4, -0.2) is 65.4 Å². The van der Waals surface area contributed by atoms with Crippen LogP contribution in [0.25, 0.3) is 0 Å². The summed E-state index contributed by atoms with van der Waals surface area (Å²) < 4.78 is 5.58. The molecule has 9 N–H and O–H groups in total. The average Bonchev–Trinajstić information content (AvgIpc) is 3.52. The molecule has 0 aromatic carbocycles. The van der Waals surface area contributed by atoms with Crippen LogP contribution in [0.2, 0.25) is 0 Å². The molecule has 0 bridgehead atoms. The smallest absolute Gasteiger partial charge is 0.305 e. The van der Waals surface area contributed by atoms with Crippen LogP contribution in [0, 0.1) is 40.4 Å². The van der Waals surface area contributed by atoms with E-state index in [4.69, 9.17) is 37.3 Å². The maximum atomic E-state index is 12.3. The van der Waals surface area contributed by atoms with Crippen molar-refractivity contribution >= 4 is 23.9 Å². The van der Waals surface area contributed by atoms with Gasteiger partial charge in [0.15, 0.2) is 0 Å². The van der Waals surface area contributed by atoms with Gasteiger partial charge in [0.2, 0.25) is 0 Å². The molecule has 11 heteroatoms. The molecule has 4 aliphatic rings. The summed E-state index contributed by atoms with van der Waals surface area (Å²) >= 11 is 0. The normalized spacial score (nSPS) is 26.4. The number of hydrogen-bond donors (Lipinski definition) is 6. The van der Waals surface area contributed by atoms with E-state index in [-0.39, 0.29) is 44.9 Å². The van der Waals surface area contributed by atoms with Crippen LogP contribution in [-0.2, 0) is 23.9 Å². The average molecular weight is 814 g/mol. The predicted octanol–water partition coefficient (Wildman–Crippen LogP) is 10.2. The minimum Gasteiger partial charge on any atom is -0.481 e. The zero-order valence-corrected chi connectivity index (χ0v) is 37.8. The lowest BCUT2D eigenvalue weighted by molar-refractivity contribution is -0.144. The minimum atomic E-state index is -0.836. The summed E-state index contributed by atoms with van der Waals surface area (Å²) in [6.45, 7) is 17.0. The number of ether oxygens (including phenoxy) is 1. The number of carboxylic acid groups (broad SMARTS) is 3. The number of carboxylic acids is 3. The molecule has 0 aromatic heterocycles. The Balaban J connectivity index is 0. The van der Waals surface area contributed by atoms with Gasteiger partial charge in [0, 0.05) is 26.1 Å². The lowest BCUT2D eigenvalue weighted by atomic mass is 9.45. The van der Waals surface area contributed by atoms with Crippen LogP contribution in [0.4, 0.5) is 0 Å². The molecule has 0 heterocycles. The van der Waals surface area contributed by atoms with E-state index in [1.807, 2.05) is 27.7 Å². The van der Waals surface area contributed by atoms with Crippen LogP contribution in [0.1, 0.15) is 203 Å². The summed E-state index contributed by atoms with van der Waals surface area (Å²) in [5.74, 6) is 2.37. The highest BCUT2D eigenvalue weighted by atomic mass is 16.5. The maximum absolute atomic E-state index is 12.3. The summed E-state index contributed by atoms with van der Waals surface area (Å²) in [6.07, 6.45) is 28.3. The fourth-order valence-corrected chi connectivity index (χ4v) is 10.2. The molecular formula is C46H91N3O8. The second-order valence-electron chi connectivity index (χ2n) is 16.6. The molecule has 11 nitrogen and oxygen atoms in total. The van der Waals surface area contributed by atoms with Gasteiger partial charge in [0.05, 0.1) is 25.9 Å². The monoisotopic (exact) mass is 814 g/mol. The lowest BCUT2D eigenvalue weighted by Gasteiger charge is -2.60. The molecule has 7 unspecified atom stereocenters. The second kappa shape index (κ2) is 34.6. The van der Waals surface area contributed by atoms with Crippen molar-refractivity contribution < 1.29 is 39.2 Å². The Morgan fingerprint density at radius 1 is 0.579 bits per heavy atom. The fraction of sp³-hybridized carbons (Fsp3) is 0.913. The van der Waals surface area contributed by atoms with Gasteiger partial charge in [-0.15, -0.1) is 0 Å². The first kappa shape index (κ1) is 56.9. The quantitative estimate of drug-likeness (QED) is 0.0533. The van der Waals surface area contributed by atoms with E-state index in [1.54, 1.807) is 0 Å². The zero-order valence-electron chi connectivity index (χ0n) is 37.8. The predicted molar refractivity (Wildman–Crippen MR) is 234 cm³/mol. The van der Waals surface area contributed by atoms with Crippen molar-refractivity contribution in [2.75, 3.05) is 26.2 Å². The topological polar surface area (TPSA) is 216 Å². The van der Waals surface area contributed by atoms with E-state index in [1.165, 1.54) is 116 Å². The summed E-state index contributed by atoms with van der Waals surface area (Å²) in [5.41, 5.74) is 15.7. The van der Waals surface area contributed by atoms with Gasteiger partial charge in [0.1, 0.15) is 0 Å². The molecule has 0 spiro atoms. The number of aliphatic carboxylic acids is 3. The van der Waals surface area contributed by atoms with Crippen molar-refractivity contribution in [3.8, 4) is 0 Å². The highest BCUT2D eigenvalue weighted by Crippen LogP contribution is 2.67. The zero-order chi connectivity index (χ0) is 43.7. The number of esters is 1. The highest BCUT2D eigenvalue weighted by molar-refractivity contribution is 5.69. The largest absolute Gasteiger partial charge is 0.481 e. The number of hydrogen-bond acceptors (Lipinski definition) is 8. The van der Waals surface area contributed by atoms with E-state index in [2.05, 4.69) is 20.8 Å². The Labute approximate surface area is 348 Å². The molecule has 0 radical (unpaired) electrons. The van der Waals surface area contributed by atoms with Crippen molar-refractivity contribution in [2.24, 2.45) is 57.6 Å². The molecule has 338 valence electrons. The van der Waals surface area contributed by atoms with Gasteiger partial charge in [0.25, 0.3) is 0 Å². The third-order valence-corrected chi connectivity index (χ3v) is 13.0. The number of unbranched alkanes of at least 4 members (excludes halogenated alkanes) is 7. The van der Waals surface area contributed by atoms with Gasteiger partial charge in [-0.05, 0) is 111 Å². The number of rotatable bonds is 19. The first-order valence-corrected chi connectivity index (χ1v) is 23.2. The standard InChI is InChI=1S/C33H58O2.3C3H7NO2.2C2H6/c1-4-5-6-7-8-9-10-13-25-35-31(34)17-14-16-27-19-21-29-28-20-18-26-15-11-12-23-32(26,2)30(28)22-24-33(27,29)3;3*4-2-1-3(5)6;2*1-2/h26-30H,4-25H2,1-3H3;3*1-2,4H2,(H,5,6);2*1-2H3. The Bertz CT molecular complexity index is 1010. The molecule has 0 amide bonds. The summed E-state index contributed by atoms with van der Waals surface area (Å²) in [4.78, 5) is 40.9. The van der Waals surface area contributed by atoms with E-state index in [9.17, 15) is 19.2 Å². The number of nitrogens with two attached hydrogens (primary N) is 3. The maximum Gasteiger partial charge on any atom is 0.305 e. The summed E-state index contributed by atoms with van der Waals surface area (Å²) in [6, 6.07) is 0. The Kier molecular flexibility index (Phi) is 34.5. The van der Waals surface area contributed by atoms with E-state index in [0.717, 1.165) is 42.4 Å². The molecule has 0 saturated heterocycles. The van der Waals surface area contributed by atoms with Crippen molar-refractivity contribution in [1.82, 2.24) is 0 Å². The molecule has 7 atom stereocenters. The number of carbonyl (C=O) groups is 4. The van der Waals surface area contributed by atoms with Gasteiger partial charge < -0.3 is 37.3 Å². The van der Waals surface area contributed by atoms with E-state index < -0.39 is 17.9 Å². The van der Waals surface area contributed by atoms with Crippen LogP contribution in [0.3, 0.4) is 0 Å². The van der Waals surface area contributed by atoms with Gasteiger partial charge in [-0.1, -0.05) is 106 Å². The van der Waals surface area contributed by atoms with Crippen molar-refractivity contribution in [2.45, 2.75) is 203 Å². The highest BCUT2D eigenvalue weighted by Gasteiger charge is 2.59. The lowest BCUT2D eigenvalue weighted by Crippen LogP contribution is -2.52. The molecule has 4 saturated carbocycles. The first-order chi connectivity index (χ1) is 27.3. The molecule has 4 fully saturated rings. The van der Waals surface area contributed by atoms with Gasteiger partial charge in [-0.2, -0.15) is 0 Å². The summed E-state index contributed by atoms with van der Waals surface area (Å²) in [7, 11) is 0. The second-order valence-corrected chi connectivity index (χ2v) is 16.6. The van der Waals surface area contributed by atoms with Crippen LogP contribution >= 0.6 is 0 Å². The van der Waals surface area contributed by atoms with Gasteiger partial charge >= 0.3 is 23.9 Å². The van der Waals surface area contributed by atoms with Crippen molar-refractivity contribution in [3.05, 3.63) is 0 Å². The fourth-order valence-electron chi connectivity index (χ4n) is 10.2. The third-order valence-electron chi connectivity index (χ3n) is 13.0. The number of fused-ring (bicyclic) bond motifs is 5. The molecular weight excluding hydrogens is 723 g/mol. The Morgan fingerprint density at radius 3 is 1.58 bits per heavy atom. The van der Waals surface area contributed by atoms with Crippen LogP contribution in [0.5, 0.6) is 0 Å². The number of carbonyl (C=O) groups excluding carboxylic acids is 1. The van der Waals surface area contributed by atoms with E-state index >= 15 is 0 Å². The van der Waals surface area contributed by atoms with Gasteiger partial charge in [-0.25, -0.2) is 0 Å². The molecule has 0 aliphatic heterocycles. The van der Waals surface area contributed by atoms with Crippen molar-refractivity contribution in [1.29, 1.82) is 0 Å². The van der Waals surface area contributed by atoms with Crippen LogP contribution < -0.4 is 17.2 Å². The first-order valence-electron chi connectivity index (χ1n) is 23.2. The molecule has 0 aromatic rings. The Hall–Kier alpha value is -2.24. The Morgan fingerprint density at radius 2 is 1.09 bits per heavy atom. The molecule has 4 rings (SSSR count). The molecule has 4 aliphatic carbocycles. The SMILES string of the molecule is CC.CC.CCCCCCCCCCOC(=O)CCCC1CCC2C3CCC4CCCCC4(C)C3CCC12C.NCCC(=O)O.NCCC(=O)O.NCCC(=O)O. The van der Waals surface area contributed by atoms with Crippen LogP contribution in [0.15, 0.2) is 0 Å². The third kappa shape index (κ3) is 22.6. The van der Waals surface area contributed by atoms with Crippen molar-refractivity contribution in [3.63, 3.8) is 0 Å². The minimum absolute atomic E-state index is 0.0555. The van der Waals surface area contributed by atoms with E-state index in [0.29, 0.717) is 23.9 Å². The summed E-state index contributed by atoms with van der Waals surface area (Å²) in [5, 5.41) is 23.5. The molecule has 57 heavy (non-hydrogen) atoms. The van der Waals surface area contributed by atoms with Gasteiger partial charge in [-0.3, -0.25) is 19.2 Å².